The summed E-state index contributed by atoms with van der Waals surface area (Å²) < 4.78 is 18.8. The fraction of sp³-hybridized carbons (Fsp3) is 0. The van der Waals surface area contributed by atoms with E-state index in [2.05, 4.69) is 22.0 Å². The monoisotopic (exact) mass is 130 g/mol. The van der Waals surface area contributed by atoms with Crippen LogP contribution in [-0.2, 0) is 13.3 Å². The fourth-order valence-corrected chi connectivity index (χ4v) is 0.492. The molecule has 0 spiro atoms. The van der Waals surface area contributed by atoms with Crippen LogP contribution >= 0.6 is 0 Å². The number of hydrogen-bond donors (Lipinski definition) is 0. The van der Waals surface area contributed by atoms with Crippen molar-refractivity contribution in [1.82, 2.24) is 0 Å². The van der Waals surface area contributed by atoms with Crippen LogP contribution in [0.5, 0.6) is 0 Å². The molecule has 0 aromatic rings. The Kier molecular flexibility index (Phi) is 3.78. The van der Waals surface area contributed by atoms with Crippen LogP contribution in [0.1, 0.15) is 0 Å². The first kappa shape index (κ1) is 7.10. The second-order valence-electron chi connectivity index (χ2n) is 0.819. The molecule has 8 heavy (non-hydrogen) atoms. The first-order chi connectivity index (χ1) is 3.81. The van der Waals surface area contributed by atoms with Gasteiger partial charge in [0.05, 0.1) is 12.5 Å². The van der Waals surface area contributed by atoms with Gasteiger partial charge < -0.3 is 8.85 Å². The summed E-state index contributed by atoms with van der Waals surface area (Å²) in [5.74, 6) is 0. The Morgan fingerprint density at radius 1 is 1.25 bits per heavy atom. The first-order valence-corrected chi connectivity index (χ1v) is 3.13. The number of rotatable bonds is 4. The highest BCUT2D eigenvalue weighted by atomic mass is 28.3. The van der Waals surface area contributed by atoms with Gasteiger partial charge in [-0.3, -0.25) is 4.46 Å². The minimum Gasteiger partial charge on any atom is -0.466 e. The summed E-state index contributed by atoms with van der Waals surface area (Å²) in [6, 6.07) is 0. The molecule has 44 valence electrons. The van der Waals surface area contributed by atoms with Gasteiger partial charge >= 0.3 is 9.17 Å². The van der Waals surface area contributed by atoms with Gasteiger partial charge in [0, 0.05) is 0 Å². The van der Waals surface area contributed by atoms with Gasteiger partial charge in [-0.05, 0) is 0 Å². The number of hydrogen-bond acceptors (Lipinski definition) is 3. The van der Waals surface area contributed by atoms with Crippen molar-refractivity contribution >= 4 is 9.17 Å². The van der Waals surface area contributed by atoms with Gasteiger partial charge in [-0.25, -0.2) is 0 Å². The molecule has 4 heteroatoms. The Hall–Kier alpha value is -0.903. The summed E-state index contributed by atoms with van der Waals surface area (Å²) in [6.07, 6.45) is 2.12. The SMILES string of the molecule is C=CO[Si](=O)OC=C. The molecule has 0 aromatic heterocycles. The Bertz CT molecular complexity index is 97.9. The van der Waals surface area contributed by atoms with Crippen LogP contribution in [0.3, 0.4) is 0 Å². The summed E-state index contributed by atoms with van der Waals surface area (Å²) in [5, 5.41) is 0. The van der Waals surface area contributed by atoms with Crippen LogP contribution in [0.15, 0.2) is 25.7 Å². The molecule has 0 heterocycles. The van der Waals surface area contributed by atoms with Gasteiger partial charge in [-0.15, -0.1) is 0 Å². The van der Waals surface area contributed by atoms with E-state index in [9.17, 15) is 4.46 Å². The molecule has 0 saturated carbocycles. The van der Waals surface area contributed by atoms with E-state index in [1.54, 1.807) is 0 Å². The van der Waals surface area contributed by atoms with Crippen LogP contribution in [0.25, 0.3) is 0 Å². The lowest BCUT2D eigenvalue weighted by Gasteiger charge is -1.90. The molecule has 0 fully saturated rings. The van der Waals surface area contributed by atoms with Crippen molar-refractivity contribution in [3.63, 3.8) is 0 Å². The lowest BCUT2D eigenvalue weighted by Crippen LogP contribution is -2.03. The van der Waals surface area contributed by atoms with Crippen molar-refractivity contribution in [3.05, 3.63) is 25.7 Å². The minimum absolute atomic E-state index is 1.06. The minimum atomic E-state index is -2.38. The predicted octanol–water partition coefficient (Wildman–Crippen LogP) is 0.722. The Morgan fingerprint density at radius 3 is 1.88 bits per heavy atom. The second kappa shape index (κ2) is 4.26. The summed E-state index contributed by atoms with van der Waals surface area (Å²) in [7, 11) is -2.38. The van der Waals surface area contributed by atoms with E-state index in [0.717, 1.165) is 12.5 Å². The molecule has 0 unspecified atom stereocenters. The summed E-state index contributed by atoms with van der Waals surface area (Å²) in [4.78, 5) is 0. The van der Waals surface area contributed by atoms with Gasteiger partial charge in [0.2, 0.25) is 0 Å². The van der Waals surface area contributed by atoms with E-state index in [0.29, 0.717) is 0 Å². The van der Waals surface area contributed by atoms with Crippen LogP contribution in [0, 0.1) is 0 Å². The summed E-state index contributed by atoms with van der Waals surface area (Å²) in [5.41, 5.74) is 0. The van der Waals surface area contributed by atoms with Gasteiger partial charge in [-0.2, -0.15) is 0 Å². The van der Waals surface area contributed by atoms with Crippen LogP contribution in [0.2, 0.25) is 0 Å². The van der Waals surface area contributed by atoms with Crippen molar-refractivity contribution in [2.75, 3.05) is 0 Å². The van der Waals surface area contributed by atoms with Gasteiger partial charge in [-0.1, -0.05) is 13.2 Å². The molecule has 0 aliphatic rings. The average Bonchev–Trinajstić information content (AvgIpc) is 1.68. The molecular formula is C4H6O3Si. The first-order valence-electron chi connectivity index (χ1n) is 1.90. The van der Waals surface area contributed by atoms with Crippen LogP contribution in [0.4, 0.5) is 0 Å². The highest BCUT2D eigenvalue weighted by Crippen LogP contribution is 1.77. The molecule has 0 amide bonds. The van der Waals surface area contributed by atoms with E-state index in [4.69, 9.17) is 0 Å². The molecule has 0 aliphatic carbocycles. The largest absolute Gasteiger partial charge is 0.777 e. The molecule has 0 aliphatic heterocycles. The third-order valence-electron chi connectivity index (χ3n) is 0.359. The summed E-state index contributed by atoms with van der Waals surface area (Å²) >= 11 is 0. The maximum Gasteiger partial charge on any atom is 0.777 e. The van der Waals surface area contributed by atoms with E-state index < -0.39 is 9.17 Å². The molecule has 0 bridgehead atoms. The normalized spacial score (nSPS) is 7.00. The van der Waals surface area contributed by atoms with E-state index in [1.165, 1.54) is 0 Å². The van der Waals surface area contributed by atoms with Crippen molar-refractivity contribution < 1.29 is 13.3 Å². The second-order valence-corrected chi connectivity index (χ2v) is 1.79. The smallest absolute Gasteiger partial charge is 0.466 e. The molecule has 0 radical (unpaired) electrons. The maximum atomic E-state index is 10.2. The molecule has 0 N–H and O–H groups in total. The lowest BCUT2D eigenvalue weighted by atomic mass is 11.2. The Balaban J connectivity index is 3.32. The average molecular weight is 130 g/mol. The zero-order valence-corrected chi connectivity index (χ0v) is 5.29. The fourth-order valence-electron chi connectivity index (χ4n) is 0.164. The van der Waals surface area contributed by atoms with Crippen molar-refractivity contribution in [1.29, 1.82) is 0 Å². The quantitative estimate of drug-likeness (QED) is 0.415. The van der Waals surface area contributed by atoms with Crippen molar-refractivity contribution in [2.45, 2.75) is 0 Å². The molecular weight excluding hydrogens is 124 g/mol. The predicted molar refractivity (Wildman–Crippen MR) is 29.0 cm³/mol. The zero-order chi connectivity index (χ0) is 6.41. The van der Waals surface area contributed by atoms with Crippen LogP contribution in [-0.4, -0.2) is 9.17 Å². The third kappa shape index (κ3) is 3.29. The topological polar surface area (TPSA) is 35.5 Å². The van der Waals surface area contributed by atoms with Crippen molar-refractivity contribution in [2.24, 2.45) is 0 Å². The zero-order valence-electron chi connectivity index (χ0n) is 4.29. The summed E-state index contributed by atoms with van der Waals surface area (Å²) in [6.45, 7) is 6.34. The van der Waals surface area contributed by atoms with E-state index in [-0.39, 0.29) is 0 Å². The third-order valence-corrected chi connectivity index (χ3v) is 1.08. The highest BCUT2D eigenvalue weighted by Gasteiger charge is 2.04. The van der Waals surface area contributed by atoms with Crippen LogP contribution < -0.4 is 0 Å². The van der Waals surface area contributed by atoms with Gasteiger partial charge in [0.15, 0.2) is 0 Å². The lowest BCUT2D eigenvalue weighted by molar-refractivity contribution is 0.287. The molecule has 3 nitrogen and oxygen atoms in total. The van der Waals surface area contributed by atoms with Gasteiger partial charge in [0.25, 0.3) is 0 Å². The standard InChI is InChI=1S/C4H6O3Si/c1-3-6-8(5)7-4-2/h3-4H,1-2H2. The molecule has 0 rings (SSSR count). The maximum absolute atomic E-state index is 10.2. The molecule has 0 atom stereocenters. The van der Waals surface area contributed by atoms with Crippen molar-refractivity contribution in [3.8, 4) is 0 Å². The van der Waals surface area contributed by atoms with Gasteiger partial charge in [0.1, 0.15) is 0 Å². The van der Waals surface area contributed by atoms with E-state index in [1.807, 2.05) is 0 Å². The molecule has 0 saturated heterocycles. The Morgan fingerprint density at radius 2 is 1.62 bits per heavy atom. The Labute approximate surface area is 49.1 Å². The van der Waals surface area contributed by atoms with E-state index >= 15 is 0 Å². The molecule has 0 aromatic carbocycles. The highest BCUT2D eigenvalue weighted by molar-refractivity contribution is 6.26.